The first-order chi connectivity index (χ1) is 6.27. The van der Waals surface area contributed by atoms with E-state index in [0.29, 0.717) is 19.0 Å². The van der Waals surface area contributed by atoms with E-state index < -0.39 is 0 Å². The minimum absolute atomic E-state index is 0.136. The van der Waals surface area contributed by atoms with Gasteiger partial charge in [-0.15, -0.1) is 0 Å². The van der Waals surface area contributed by atoms with Gasteiger partial charge in [0.15, 0.2) is 0 Å². The number of nitrogens with zero attached hydrogens (tertiary/aromatic N) is 1. The van der Waals surface area contributed by atoms with Crippen molar-refractivity contribution in [3.63, 3.8) is 0 Å². The van der Waals surface area contributed by atoms with Gasteiger partial charge in [-0.25, -0.2) is 0 Å². The molecular weight excluding hydrogens is 168 g/mol. The molecule has 0 radical (unpaired) electrons. The monoisotopic (exact) mass is 186 g/mol. The molecule has 4 heteroatoms. The Bertz CT molecular complexity index is 173. The normalized spacial score (nSPS) is 23.4. The van der Waals surface area contributed by atoms with Crippen LogP contribution < -0.4 is 5.73 Å². The standard InChI is InChI=1S/C9H18N2O2/c1-13-9(12)4-6-11-5-2-3-8(11)7-10/h8H,2-7,10H2,1H3. The summed E-state index contributed by atoms with van der Waals surface area (Å²) in [5, 5.41) is 0. The highest BCUT2D eigenvalue weighted by molar-refractivity contribution is 5.69. The molecule has 0 spiro atoms. The summed E-state index contributed by atoms with van der Waals surface area (Å²) < 4.78 is 4.58. The van der Waals surface area contributed by atoms with Gasteiger partial charge >= 0.3 is 5.97 Å². The molecule has 0 aromatic carbocycles. The maximum atomic E-state index is 10.9. The number of hydrogen-bond acceptors (Lipinski definition) is 4. The van der Waals surface area contributed by atoms with Crippen molar-refractivity contribution in [1.29, 1.82) is 0 Å². The molecular formula is C9H18N2O2. The van der Waals surface area contributed by atoms with Crippen LogP contribution in [0.15, 0.2) is 0 Å². The number of carbonyl (C=O) groups is 1. The molecule has 1 saturated heterocycles. The van der Waals surface area contributed by atoms with Crippen LogP contribution in [0.2, 0.25) is 0 Å². The summed E-state index contributed by atoms with van der Waals surface area (Å²) in [6.45, 7) is 2.55. The lowest BCUT2D eigenvalue weighted by atomic mass is 10.2. The van der Waals surface area contributed by atoms with Gasteiger partial charge in [0.25, 0.3) is 0 Å². The summed E-state index contributed by atoms with van der Waals surface area (Å²) >= 11 is 0. The Hall–Kier alpha value is -0.610. The van der Waals surface area contributed by atoms with Crippen LogP contribution in [0, 0.1) is 0 Å². The molecule has 2 N–H and O–H groups in total. The number of rotatable bonds is 4. The largest absolute Gasteiger partial charge is 0.469 e. The summed E-state index contributed by atoms with van der Waals surface area (Å²) in [5.41, 5.74) is 5.61. The molecule has 0 amide bonds. The molecule has 1 fully saturated rings. The third-order valence-corrected chi connectivity index (χ3v) is 2.60. The van der Waals surface area contributed by atoms with E-state index >= 15 is 0 Å². The zero-order chi connectivity index (χ0) is 9.68. The van der Waals surface area contributed by atoms with E-state index in [1.165, 1.54) is 13.5 Å². The van der Waals surface area contributed by atoms with Crippen LogP contribution in [0.25, 0.3) is 0 Å². The maximum absolute atomic E-state index is 10.9. The first kappa shape index (κ1) is 10.5. The van der Waals surface area contributed by atoms with E-state index in [4.69, 9.17) is 5.73 Å². The molecule has 0 aliphatic carbocycles. The third kappa shape index (κ3) is 2.97. The quantitative estimate of drug-likeness (QED) is 0.627. The molecule has 1 unspecified atom stereocenters. The van der Waals surface area contributed by atoms with Gasteiger partial charge in [-0.3, -0.25) is 9.69 Å². The second-order valence-corrected chi connectivity index (χ2v) is 3.39. The topological polar surface area (TPSA) is 55.6 Å². The Kier molecular flexibility index (Phi) is 4.18. The van der Waals surface area contributed by atoms with Crippen LogP contribution in [0.5, 0.6) is 0 Å². The molecule has 1 aliphatic heterocycles. The van der Waals surface area contributed by atoms with Crippen LogP contribution in [-0.4, -0.2) is 43.7 Å². The van der Waals surface area contributed by atoms with E-state index in [1.54, 1.807) is 0 Å². The van der Waals surface area contributed by atoms with E-state index in [0.717, 1.165) is 19.5 Å². The first-order valence-electron chi connectivity index (χ1n) is 4.79. The zero-order valence-corrected chi connectivity index (χ0v) is 8.16. The Morgan fingerprint density at radius 1 is 1.69 bits per heavy atom. The number of methoxy groups -OCH3 is 1. The average molecular weight is 186 g/mol. The zero-order valence-electron chi connectivity index (χ0n) is 8.16. The highest BCUT2D eigenvalue weighted by Crippen LogP contribution is 2.15. The van der Waals surface area contributed by atoms with Gasteiger partial charge < -0.3 is 10.5 Å². The highest BCUT2D eigenvalue weighted by Gasteiger charge is 2.23. The Morgan fingerprint density at radius 2 is 2.46 bits per heavy atom. The van der Waals surface area contributed by atoms with Crippen molar-refractivity contribution in [3.8, 4) is 0 Å². The lowest BCUT2D eigenvalue weighted by Crippen LogP contribution is -2.36. The molecule has 1 atom stereocenters. The van der Waals surface area contributed by atoms with E-state index in [9.17, 15) is 4.79 Å². The van der Waals surface area contributed by atoms with Gasteiger partial charge in [0, 0.05) is 19.1 Å². The third-order valence-electron chi connectivity index (χ3n) is 2.60. The van der Waals surface area contributed by atoms with Crippen molar-refractivity contribution >= 4 is 5.97 Å². The SMILES string of the molecule is COC(=O)CCN1CCCC1CN. The molecule has 1 heterocycles. The van der Waals surface area contributed by atoms with E-state index in [-0.39, 0.29) is 5.97 Å². The van der Waals surface area contributed by atoms with Crippen molar-refractivity contribution in [3.05, 3.63) is 0 Å². The Morgan fingerprint density at radius 3 is 3.08 bits per heavy atom. The van der Waals surface area contributed by atoms with E-state index in [2.05, 4.69) is 9.64 Å². The molecule has 0 saturated carbocycles. The maximum Gasteiger partial charge on any atom is 0.306 e. The van der Waals surface area contributed by atoms with Crippen LogP contribution in [0.1, 0.15) is 19.3 Å². The average Bonchev–Trinajstić information content (AvgIpc) is 2.61. The van der Waals surface area contributed by atoms with Gasteiger partial charge in [0.2, 0.25) is 0 Å². The lowest BCUT2D eigenvalue weighted by molar-refractivity contribution is -0.141. The number of likely N-dealkylation sites (tertiary alicyclic amines) is 1. The summed E-state index contributed by atoms with van der Waals surface area (Å²) in [7, 11) is 1.42. The van der Waals surface area contributed by atoms with Crippen molar-refractivity contribution in [1.82, 2.24) is 4.90 Å². The molecule has 4 nitrogen and oxygen atoms in total. The van der Waals surface area contributed by atoms with Gasteiger partial charge in [0.1, 0.15) is 0 Å². The molecule has 0 aromatic heterocycles. The summed E-state index contributed by atoms with van der Waals surface area (Å²) in [5.74, 6) is -0.136. The highest BCUT2D eigenvalue weighted by atomic mass is 16.5. The van der Waals surface area contributed by atoms with E-state index in [1.807, 2.05) is 0 Å². The summed E-state index contributed by atoms with van der Waals surface area (Å²) in [6.07, 6.45) is 2.84. The predicted molar refractivity (Wildman–Crippen MR) is 50.3 cm³/mol. The van der Waals surface area contributed by atoms with Gasteiger partial charge in [0.05, 0.1) is 13.5 Å². The molecule has 76 valence electrons. The molecule has 13 heavy (non-hydrogen) atoms. The smallest absolute Gasteiger partial charge is 0.306 e. The van der Waals surface area contributed by atoms with Crippen molar-refractivity contribution in [2.75, 3.05) is 26.7 Å². The summed E-state index contributed by atoms with van der Waals surface area (Å²) in [6, 6.07) is 0.477. The van der Waals surface area contributed by atoms with Gasteiger partial charge in [-0.05, 0) is 19.4 Å². The Labute approximate surface area is 79.0 Å². The number of hydrogen-bond donors (Lipinski definition) is 1. The molecule has 0 bridgehead atoms. The van der Waals surface area contributed by atoms with Crippen molar-refractivity contribution in [2.24, 2.45) is 5.73 Å². The van der Waals surface area contributed by atoms with Crippen LogP contribution >= 0.6 is 0 Å². The number of carbonyl (C=O) groups excluding carboxylic acids is 1. The lowest BCUT2D eigenvalue weighted by Gasteiger charge is -2.22. The molecule has 1 rings (SSSR count). The molecule has 0 aromatic rings. The van der Waals surface area contributed by atoms with Crippen molar-refractivity contribution in [2.45, 2.75) is 25.3 Å². The summed E-state index contributed by atoms with van der Waals surface area (Å²) in [4.78, 5) is 13.2. The number of esters is 1. The van der Waals surface area contributed by atoms with Crippen LogP contribution in [-0.2, 0) is 9.53 Å². The minimum Gasteiger partial charge on any atom is -0.469 e. The fourth-order valence-corrected chi connectivity index (χ4v) is 1.79. The molecule has 1 aliphatic rings. The van der Waals surface area contributed by atoms with Gasteiger partial charge in [-0.2, -0.15) is 0 Å². The predicted octanol–water partition coefficient (Wildman–Crippen LogP) is -0.0274. The van der Waals surface area contributed by atoms with Crippen LogP contribution in [0.4, 0.5) is 0 Å². The number of ether oxygens (including phenoxy) is 1. The minimum atomic E-state index is -0.136. The van der Waals surface area contributed by atoms with Crippen molar-refractivity contribution < 1.29 is 9.53 Å². The second kappa shape index (κ2) is 5.19. The van der Waals surface area contributed by atoms with Gasteiger partial charge in [-0.1, -0.05) is 0 Å². The fourth-order valence-electron chi connectivity index (χ4n) is 1.79. The first-order valence-corrected chi connectivity index (χ1v) is 4.79. The fraction of sp³-hybridized carbons (Fsp3) is 0.889. The Balaban J connectivity index is 2.23. The number of nitrogens with two attached hydrogens (primary N) is 1. The second-order valence-electron chi connectivity index (χ2n) is 3.39. The van der Waals surface area contributed by atoms with Crippen LogP contribution in [0.3, 0.4) is 0 Å².